The zero-order chi connectivity index (χ0) is 22.4. The number of carbonyl (C=O) groups excluding carboxylic acids is 1. The van der Waals surface area contributed by atoms with E-state index in [9.17, 15) is 9.18 Å². The number of rotatable bonds is 5. The van der Waals surface area contributed by atoms with Gasteiger partial charge in [0.2, 0.25) is 0 Å². The zero-order valence-corrected chi connectivity index (χ0v) is 18.1. The molecule has 3 aromatic heterocycles. The van der Waals surface area contributed by atoms with Gasteiger partial charge < -0.3 is 15.0 Å². The molecule has 0 spiro atoms. The Morgan fingerprint density at radius 3 is 3.03 bits per heavy atom. The molecule has 7 nitrogen and oxygen atoms in total. The minimum atomic E-state index is -0.415. The van der Waals surface area contributed by atoms with Crippen LogP contribution in [0.5, 0.6) is 5.75 Å². The number of ether oxygens (including phenoxy) is 1. The van der Waals surface area contributed by atoms with E-state index in [-0.39, 0.29) is 24.2 Å². The molecule has 0 bridgehead atoms. The largest absolute Gasteiger partial charge is 0.493 e. The molecule has 0 fully saturated rings. The van der Waals surface area contributed by atoms with E-state index >= 15 is 0 Å². The highest BCUT2D eigenvalue weighted by molar-refractivity contribution is 6.32. The predicted molar refractivity (Wildman–Crippen MR) is 119 cm³/mol. The van der Waals surface area contributed by atoms with Crippen LogP contribution in [0.4, 0.5) is 4.39 Å². The number of benzene rings is 1. The van der Waals surface area contributed by atoms with Crippen LogP contribution in [0.15, 0.2) is 42.9 Å². The van der Waals surface area contributed by atoms with E-state index in [2.05, 4.69) is 15.2 Å². The van der Waals surface area contributed by atoms with Crippen molar-refractivity contribution in [3.05, 3.63) is 65.0 Å². The minimum Gasteiger partial charge on any atom is -0.493 e. The molecule has 0 amide bonds. The SMILES string of the molecule is CC(N)Cn1cc(C(=O)C2COc3ccc(F)cc3C2)c2cnc(-c3c[nH]nc3Cl)cc21. The monoisotopic (exact) mass is 453 g/mol. The molecule has 2 atom stereocenters. The van der Waals surface area contributed by atoms with E-state index in [1.54, 1.807) is 18.5 Å². The molecule has 9 heteroatoms. The van der Waals surface area contributed by atoms with E-state index in [4.69, 9.17) is 22.1 Å². The van der Waals surface area contributed by atoms with Crippen molar-refractivity contribution < 1.29 is 13.9 Å². The third kappa shape index (κ3) is 3.65. The van der Waals surface area contributed by atoms with Gasteiger partial charge in [0.05, 0.1) is 29.3 Å². The third-order valence-electron chi connectivity index (χ3n) is 5.69. The van der Waals surface area contributed by atoms with Crippen molar-refractivity contribution in [3.8, 4) is 17.0 Å². The van der Waals surface area contributed by atoms with Crippen molar-refractivity contribution in [1.29, 1.82) is 0 Å². The lowest BCUT2D eigenvalue weighted by Crippen LogP contribution is -2.28. The van der Waals surface area contributed by atoms with Gasteiger partial charge in [0.1, 0.15) is 11.6 Å². The quantitative estimate of drug-likeness (QED) is 0.445. The van der Waals surface area contributed by atoms with Crippen molar-refractivity contribution in [3.63, 3.8) is 0 Å². The topological polar surface area (TPSA) is 98.8 Å². The fraction of sp³-hybridized carbons (Fsp3) is 0.261. The molecular weight excluding hydrogens is 433 g/mol. The minimum absolute atomic E-state index is 0.0655. The van der Waals surface area contributed by atoms with Crippen LogP contribution >= 0.6 is 11.6 Å². The Bertz CT molecular complexity index is 1330. The molecule has 32 heavy (non-hydrogen) atoms. The summed E-state index contributed by atoms with van der Waals surface area (Å²) in [6.07, 6.45) is 5.59. The third-order valence-corrected chi connectivity index (χ3v) is 5.97. The van der Waals surface area contributed by atoms with E-state index in [0.29, 0.717) is 46.3 Å². The maximum Gasteiger partial charge on any atom is 0.171 e. The van der Waals surface area contributed by atoms with E-state index in [0.717, 1.165) is 10.9 Å². The van der Waals surface area contributed by atoms with Crippen LogP contribution in [0.3, 0.4) is 0 Å². The summed E-state index contributed by atoms with van der Waals surface area (Å²) in [4.78, 5) is 18.0. The first-order chi connectivity index (χ1) is 15.4. The van der Waals surface area contributed by atoms with E-state index in [1.165, 1.54) is 12.1 Å². The van der Waals surface area contributed by atoms with Gasteiger partial charge in [0.25, 0.3) is 0 Å². The standard InChI is InChI=1S/C23H21ClFN5O2/c1-12(26)9-30-10-18(16-7-27-19(6-20(16)30)17-8-28-29-23(17)24)22(31)14-4-13-5-15(25)2-3-21(13)32-11-14/h2-3,5-8,10,12,14H,4,9,11,26H2,1H3,(H,28,29). The number of nitrogens with one attached hydrogen (secondary N) is 1. The van der Waals surface area contributed by atoms with Crippen LogP contribution < -0.4 is 10.5 Å². The van der Waals surface area contributed by atoms with Crippen molar-refractivity contribution in [2.75, 3.05) is 6.61 Å². The first-order valence-electron chi connectivity index (χ1n) is 10.3. The van der Waals surface area contributed by atoms with Crippen LogP contribution in [-0.4, -0.2) is 38.2 Å². The second-order valence-electron chi connectivity index (χ2n) is 8.18. The molecule has 0 aliphatic carbocycles. The van der Waals surface area contributed by atoms with Crippen molar-refractivity contribution >= 4 is 28.3 Å². The molecule has 2 unspecified atom stereocenters. The highest BCUT2D eigenvalue weighted by Crippen LogP contribution is 2.33. The lowest BCUT2D eigenvalue weighted by Gasteiger charge is -2.24. The number of hydrogen-bond donors (Lipinski definition) is 2. The van der Waals surface area contributed by atoms with Crippen molar-refractivity contribution in [1.82, 2.24) is 19.7 Å². The maximum absolute atomic E-state index is 13.7. The normalized spacial score (nSPS) is 16.6. The molecule has 0 radical (unpaired) electrons. The Labute approximate surface area is 188 Å². The lowest BCUT2D eigenvalue weighted by atomic mass is 9.90. The molecular formula is C23H21ClFN5O2. The average molecular weight is 454 g/mol. The molecule has 0 saturated heterocycles. The number of fused-ring (bicyclic) bond motifs is 2. The number of halogens is 2. The van der Waals surface area contributed by atoms with Gasteiger partial charge in [-0.25, -0.2) is 4.39 Å². The van der Waals surface area contributed by atoms with Crippen molar-refractivity contribution in [2.45, 2.75) is 25.9 Å². The summed E-state index contributed by atoms with van der Waals surface area (Å²) < 4.78 is 21.4. The summed E-state index contributed by atoms with van der Waals surface area (Å²) in [6.45, 7) is 2.68. The number of Topliss-reactive ketones (excluding diaryl/α,β-unsaturated/α-hetero) is 1. The number of aromatic amines is 1. The number of aromatic nitrogens is 4. The van der Waals surface area contributed by atoms with Gasteiger partial charge in [-0.05, 0) is 43.2 Å². The van der Waals surface area contributed by atoms with Crippen LogP contribution in [0, 0.1) is 11.7 Å². The number of ketones is 1. The summed E-state index contributed by atoms with van der Waals surface area (Å²) in [5.41, 5.74) is 9.45. The average Bonchev–Trinajstić information content (AvgIpc) is 3.35. The summed E-state index contributed by atoms with van der Waals surface area (Å²) in [6, 6.07) is 6.16. The summed E-state index contributed by atoms with van der Waals surface area (Å²) in [5, 5.41) is 7.72. The zero-order valence-electron chi connectivity index (χ0n) is 17.3. The van der Waals surface area contributed by atoms with Crippen molar-refractivity contribution in [2.24, 2.45) is 11.7 Å². The fourth-order valence-corrected chi connectivity index (χ4v) is 4.39. The molecule has 4 aromatic rings. The molecule has 3 N–H and O–H groups in total. The summed E-state index contributed by atoms with van der Waals surface area (Å²) in [5.74, 6) is -0.201. The van der Waals surface area contributed by atoms with Gasteiger partial charge in [-0.2, -0.15) is 5.10 Å². The number of H-pyrrole nitrogens is 1. The first-order valence-corrected chi connectivity index (χ1v) is 10.7. The van der Waals surface area contributed by atoms with Crippen LogP contribution in [-0.2, 0) is 13.0 Å². The highest BCUT2D eigenvalue weighted by Gasteiger charge is 2.29. The Morgan fingerprint density at radius 2 is 2.28 bits per heavy atom. The molecule has 164 valence electrons. The molecule has 0 saturated carbocycles. The van der Waals surface area contributed by atoms with Gasteiger partial charge in [0.15, 0.2) is 10.9 Å². The number of nitrogens with zero attached hydrogens (tertiary/aromatic N) is 3. The molecule has 5 rings (SSSR count). The Kier molecular flexibility index (Phi) is 5.19. The predicted octanol–water partition coefficient (Wildman–Crippen LogP) is 4.00. The second kappa shape index (κ2) is 8.03. The highest BCUT2D eigenvalue weighted by atomic mass is 35.5. The van der Waals surface area contributed by atoms with Gasteiger partial charge in [0, 0.05) is 42.1 Å². The van der Waals surface area contributed by atoms with Gasteiger partial charge >= 0.3 is 0 Å². The Hall–Kier alpha value is -3.23. The number of pyridine rings is 1. The van der Waals surface area contributed by atoms with Crippen LogP contribution in [0.25, 0.3) is 22.2 Å². The summed E-state index contributed by atoms with van der Waals surface area (Å²) in [7, 11) is 0. The first kappa shape index (κ1) is 20.7. The number of nitrogens with two attached hydrogens (primary N) is 1. The Morgan fingerprint density at radius 1 is 1.44 bits per heavy atom. The second-order valence-corrected chi connectivity index (χ2v) is 8.54. The molecule has 1 aromatic carbocycles. The van der Waals surface area contributed by atoms with Crippen LogP contribution in [0.1, 0.15) is 22.8 Å². The maximum atomic E-state index is 13.7. The van der Waals surface area contributed by atoms with Gasteiger partial charge in [-0.1, -0.05) is 11.6 Å². The van der Waals surface area contributed by atoms with Crippen LogP contribution in [0.2, 0.25) is 5.15 Å². The summed E-state index contributed by atoms with van der Waals surface area (Å²) >= 11 is 6.16. The van der Waals surface area contributed by atoms with Gasteiger partial charge in [-0.15, -0.1) is 0 Å². The molecule has 4 heterocycles. The molecule has 1 aliphatic heterocycles. The number of hydrogen-bond acceptors (Lipinski definition) is 5. The number of carbonyl (C=O) groups is 1. The fourth-order valence-electron chi connectivity index (χ4n) is 4.19. The lowest BCUT2D eigenvalue weighted by molar-refractivity contribution is 0.0856. The Balaban J connectivity index is 1.55. The van der Waals surface area contributed by atoms with Gasteiger partial charge in [-0.3, -0.25) is 14.9 Å². The van der Waals surface area contributed by atoms with E-state index in [1.807, 2.05) is 23.8 Å². The smallest absolute Gasteiger partial charge is 0.171 e. The van der Waals surface area contributed by atoms with E-state index < -0.39 is 5.92 Å². The molecule has 1 aliphatic rings.